The SMILES string of the molecule is CCCN(C(=O)CN(C)C(C)C)C1CCNC1.Cl.Cl. The van der Waals surface area contributed by atoms with Gasteiger partial charge in [0.25, 0.3) is 0 Å². The zero-order valence-corrected chi connectivity index (χ0v) is 14.1. The molecule has 1 aliphatic heterocycles. The number of hydrogen-bond acceptors (Lipinski definition) is 3. The quantitative estimate of drug-likeness (QED) is 0.812. The zero-order valence-electron chi connectivity index (χ0n) is 12.5. The van der Waals surface area contributed by atoms with Crippen LogP contribution in [-0.2, 0) is 4.79 Å². The molecule has 1 atom stereocenters. The first-order chi connectivity index (χ1) is 8.06. The third kappa shape index (κ3) is 6.80. The van der Waals surface area contributed by atoms with E-state index in [1.165, 1.54) is 0 Å². The minimum atomic E-state index is 0. The van der Waals surface area contributed by atoms with Gasteiger partial charge in [-0.05, 0) is 40.3 Å². The van der Waals surface area contributed by atoms with Crippen molar-refractivity contribution in [1.29, 1.82) is 0 Å². The van der Waals surface area contributed by atoms with Crippen LogP contribution in [0.2, 0.25) is 0 Å². The summed E-state index contributed by atoms with van der Waals surface area (Å²) < 4.78 is 0. The molecule has 19 heavy (non-hydrogen) atoms. The van der Waals surface area contributed by atoms with Gasteiger partial charge in [0.15, 0.2) is 0 Å². The van der Waals surface area contributed by atoms with Crippen molar-refractivity contribution in [2.24, 2.45) is 0 Å². The molecule has 1 rings (SSSR count). The monoisotopic (exact) mass is 313 g/mol. The summed E-state index contributed by atoms with van der Waals surface area (Å²) in [5.41, 5.74) is 0. The molecule has 1 saturated heterocycles. The predicted molar refractivity (Wildman–Crippen MR) is 85.5 cm³/mol. The molecule has 0 aliphatic carbocycles. The van der Waals surface area contributed by atoms with Crippen molar-refractivity contribution in [3.05, 3.63) is 0 Å². The van der Waals surface area contributed by atoms with E-state index in [0.717, 1.165) is 32.5 Å². The van der Waals surface area contributed by atoms with Crippen molar-refractivity contribution < 1.29 is 4.79 Å². The molecule has 0 radical (unpaired) electrons. The molecule has 1 aliphatic rings. The van der Waals surface area contributed by atoms with Crippen LogP contribution in [0.1, 0.15) is 33.6 Å². The number of halogens is 2. The second-order valence-corrected chi connectivity index (χ2v) is 5.24. The fourth-order valence-corrected chi connectivity index (χ4v) is 2.14. The van der Waals surface area contributed by atoms with E-state index in [2.05, 4.69) is 35.9 Å². The molecule has 116 valence electrons. The van der Waals surface area contributed by atoms with Crippen LogP contribution in [0.3, 0.4) is 0 Å². The lowest BCUT2D eigenvalue weighted by Gasteiger charge is -2.31. The Bertz CT molecular complexity index is 246. The van der Waals surface area contributed by atoms with Crippen molar-refractivity contribution in [3.63, 3.8) is 0 Å². The largest absolute Gasteiger partial charge is 0.337 e. The van der Waals surface area contributed by atoms with Crippen molar-refractivity contribution >= 4 is 30.7 Å². The normalized spacial score (nSPS) is 18.1. The smallest absolute Gasteiger partial charge is 0.237 e. The van der Waals surface area contributed by atoms with E-state index in [-0.39, 0.29) is 30.7 Å². The van der Waals surface area contributed by atoms with Crippen LogP contribution in [0, 0.1) is 0 Å². The predicted octanol–water partition coefficient (Wildman–Crippen LogP) is 1.77. The van der Waals surface area contributed by atoms with Crippen LogP contribution in [-0.4, -0.2) is 61.0 Å². The molecule has 0 aromatic carbocycles. The third-order valence-electron chi connectivity index (χ3n) is 3.53. The van der Waals surface area contributed by atoms with Crippen molar-refractivity contribution in [3.8, 4) is 0 Å². The summed E-state index contributed by atoms with van der Waals surface area (Å²) in [5.74, 6) is 0.275. The molecule has 1 amide bonds. The van der Waals surface area contributed by atoms with Crippen molar-refractivity contribution in [2.75, 3.05) is 33.2 Å². The lowest BCUT2D eigenvalue weighted by molar-refractivity contribution is -0.134. The Morgan fingerprint density at radius 1 is 1.37 bits per heavy atom. The summed E-state index contributed by atoms with van der Waals surface area (Å²) in [4.78, 5) is 16.5. The maximum atomic E-state index is 12.3. The van der Waals surface area contributed by atoms with E-state index >= 15 is 0 Å². The Balaban J connectivity index is 0. The Morgan fingerprint density at radius 3 is 2.42 bits per heavy atom. The Hall–Kier alpha value is -0.0300. The zero-order chi connectivity index (χ0) is 12.8. The number of nitrogens with one attached hydrogen (secondary N) is 1. The molecule has 4 nitrogen and oxygen atoms in total. The van der Waals surface area contributed by atoms with Gasteiger partial charge in [-0.3, -0.25) is 9.69 Å². The molecule has 1 unspecified atom stereocenters. The highest BCUT2D eigenvalue weighted by Crippen LogP contribution is 2.10. The van der Waals surface area contributed by atoms with Crippen LogP contribution in [0.25, 0.3) is 0 Å². The second kappa shape index (κ2) is 10.7. The van der Waals surface area contributed by atoms with E-state index in [0.29, 0.717) is 18.6 Å². The Labute approximate surface area is 130 Å². The molecule has 0 saturated carbocycles. The third-order valence-corrected chi connectivity index (χ3v) is 3.53. The number of rotatable bonds is 6. The first-order valence-electron chi connectivity index (χ1n) is 6.76. The van der Waals surface area contributed by atoms with Gasteiger partial charge in [0.05, 0.1) is 6.54 Å². The van der Waals surface area contributed by atoms with Crippen LogP contribution >= 0.6 is 24.8 Å². The summed E-state index contributed by atoms with van der Waals surface area (Å²) in [6.07, 6.45) is 2.13. The van der Waals surface area contributed by atoms with Crippen molar-refractivity contribution in [2.45, 2.75) is 45.7 Å². The lowest BCUT2D eigenvalue weighted by Crippen LogP contribution is -2.47. The van der Waals surface area contributed by atoms with E-state index in [1.807, 2.05) is 7.05 Å². The number of hydrogen-bond donors (Lipinski definition) is 1. The van der Waals surface area contributed by atoms with Gasteiger partial charge in [0.1, 0.15) is 0 Å². The van der Waals surface area contributed by atoms with E-state index in [1.54, 1.807) is 0 Å². The number of amides is 1. The highest BCUT2D eigenvalue weighted by molar-refractivity contribution is 5.85. The minimum Gasteiger partial charge on any atom is -0.337 e. The molecule has 1 heterocycles. The van der Waals surface area contributed by atoms with Crippen LogP contribution in [0.15, 0.2) is 0 Å². The highest BCUT2D eigenvalue weighted by atomic mass is 35.5. The standard InChI is InChI=1S/C13H27N3O.2ClH/c1-5-8-16(12-6-7-14-9-12)13(17)10-15(4)11(2)3;;/h11-12,14H,5-10H2,1-4H3;2*1H. The van der Waals surface area contributed by atoms with Gasteiger partial charge < -0.3 is 10.2 Å². The summed E-state index contributed by atoms with van der Waals surface area (Å²) >= 11 is 0. The first-order valence-corrected chi connectivity index (χ1v) is 6.76. The fraction of sp³-hybridized carbons (Fsp3) is 0.923. The number of likely N-dealkylation sites (N-methyl/N-ethyl adjacent to an activating group) is 1. The number of carbonyl (C=O) groups is 1. The van der Waals surface area contributed by atoms with Gasteiger partial charge in [0, 0.05) is 25.2 Å². The topological polar surface area (TPSA) is 35.6 Å². The average Bonchev–Trinajstić information content (AvgIpc) is 2.78. The summed E-state index contributed by atoms with van der Waals surface area (Å²) in [6.45, 7) is 9.79. The van der Waals surface area contributed by atoms with E-state index in [9.17, 15) is 4.79 Å². The summed E-state index contributed by atoms with van der Waals surface area (Å²) in [5, 5.41) is 3.33. The molecular formula is C13H29Cl2N3O. The second-order valence-electron chi connectivity index (χ2n) is 5.24. The highest BCUT2D eigenvalue weighted by Gasteiger charge is 2.26. The molecule has 0 bridgehead atoms. The van der Waals surface area contributed by atoms with Gasteiger partial charge >= 0.3 is 0 Å². The van der Waals surface area contributed by atoms with Gasteiger partial charge in [0.2, 0.25) is 5.91 Å². The average molecular weight is 314 g/mol. The summed E-state index contributed by atoms with van der Waals surface area (Å²) in [7, 11) is 2.01. The minimum absolute atomic E-state index is 0. The van der Waals surface area contributed by atoms with E-state index < -0.39 is 0 Å². The van der Waals surface area contributed by atoms with Gasteiger partial charge in [-0.25, -0.2) is 0 Å². The lowest BCUT2D eigenvalue weighted by atomic mass is 10.2. The summed E-state index contributed by atoms with van der Waals surface area (Å²) in [6, 6.07) is 0.826. The molecule has 6 heteroatoms. The Morgan fingerprint density at radius 2 is 2.00 bits per heavy atom. The molecule has 1 fully saturated rings. The van der Waals surface area contributed by atoms with Gasteiger partial charge in [-0.1, -0.05) is 6.92 Å². The number of carbonyl (C=O) groups excluding carboxylic acids is 1. The van der Waals surface area contributed by atoms with E-state index in [4.69, 9.17) is 0 Å². The fourth-order valence-electron chi connectivity index (χ4n) is 2.14. The maximum absolute atomic E-state index is 12.3. The Kier molecular flexibility index (Phi) is 12.0. The maximum Gasteiger partial charge on any atom is 0.237 e. The van der Waals surface area contributed by atoms with Crippen molar-refractivity contribution in [1.82, 2.24) is 15.1 Å². The molecule has 0 aromatic rings. The van der Waals surface area contributed by atoms with Gasteiger partial charge in [-0.2, -0.15) is 0 Å². The van der Waals surface area contributed by atoms with Crippen LogP contribution in [0.5, 0.6) is 0 Å². The van der Waals surface area contributed by atoms with Crippen LogP contribution < -0.4 is 5.32 Å². The molecule has 0 spiro atoms. The first kappa shape index (κ1) is 21.3. The number of nitrogens with zero attached hydrogens (tertiary/aromatic N) is 2. The molecule has 0 aromatic heterocycles. The molecule has 1 N–H and O–H groups in total. The molecular weight excluding hydrogens is 285 g/mol. The van der Waals surface area contributed by atoms with Gasteiger partial charge in [-0.15, -0.1) is 24.8 Å². The van der Waals surface area contributed by atoms with Crippen LogP contribution in [0.4, 0.5) is 0 Å².